The van der Waals surface area contributed by atoms with Crippen LogP contribution in [0.1, 0.15) is 46.5 Å². The maximum absolute atomic E-state index is 13.6. The Balaban J connectivity index is 2.25. The molecule has 1 rings (SSSR count). The van der Waals surface area contributed by atoms with Gasteiger partial charge in [0.15, 0.2) is 0 Å². The van der Waals surface area contributed by atoms with Crippen molar-refractivity contribution in [3.05, 3.63) is 0 Å². The molecule has 0 atom stereocenters. The van der Waals surface area contributed by atoms with E-state index in [-0.39, 0.29) is 0 Å². The van der Waals surface area contributed by atoms with E-state index in [2.05, 4.69) is 20.8 Å². The summed E-state index contributed by atoms with van der Waals surface area (Å²) in [5.74, 6) is 1.19. The molecule has 0 saturated heterocycles. The molecule has 0 nitrogen and oxygen atoms in total. The topological polar surface area (TPSA) is 0 Å². The van der Waals surface area contributed by atoms with Crippen LogP contribution in [0.3, 0.4) is 0 Å². The minimum atomic E-state index is -0.783. The normalized spacial score (nSPS) is 37.4. The lowest BCUT2D eigenvalue weighted by atomic mass is 9.68. The van der Waals surface area contributed by atoms with Gasteiger partial charge in [-0.1, -0.05) is 27.2 Å². The van der Waals surface area contributed by atoms with Gasteiger partial charge in [0.1, 0.15) is 5.67 Å². The second-order valence-electron chi connectivity index (χ2n) is 4.43. The highest BCUT2D eigenvalue weighted by molar-refractivity contribution is 4.94. The third kappa shape index (κ3) is 2.18. The number of hydrogen-bond acceptors (Lipinski definition) is 0. The summed E-state index contributed by atoms with van der Waals surface area (Å²) in [5, 5.41) is 0. The van der Waals surface area contributed by atoms with Gasteiger partial charge in [-0.2, -0.15) is 0 Å². The third-order valence-corrected chi connectivity index (χ3v) is 2.66. The second-order valence-corrected chi connectivity index (χ2v) is 4.43. The summed E-state index contributed by atoms with van der Waals surface area (Å²) in [6.07, 6.45) is 3.57. The van der Waals surface area contributed by atoms with Crippen molar-refractivity contribution in [1.29, 1.82) is 0 Å². The number of alkyl halides is 1. The molecule has 0 amide bonds. The molecule has 1 fully saturated rings. The Hall–Kier alpha value is -0.0700. The molecule has 0 radical (unpaired) electrons. The Labute approximate surface area is 69.2 Å². The molecule has 0 N–H and O–H groups in total. The van der Waals surface area contributed by atoms with Crippen molar-refractivity contribution in [1.82, 2.24) is 0 Å². The quantitative estimate of drug-likeness (QED) is 0.589. The van der Waals surface area contributed by atoms with E-state index in [4.69, 9.17) is 0 Å². The summed E-state index contributed by atoms with van der Waals surface area (Å²) >= 11 is 0. The molecule has 0 aromatic carbocycles. The predicted molar refractivity (Wildman–Crippen MR) is 46.3 cm³/mol. The van der Waals surface area contributed by atoms with Crippen molar-refractivity contribution in [2.24, 2.45) is 11.8 Å². The maximum atomic E-state index is 13.6. The lowest BCUT2D eigenvalue weighted by molar-refractivity contribution is -0.0120. The highest BCUT2D eigenvalue weighted by Crippen LogP contribution is 2.46. The molecule has 66 valence electrons. The molecular weight excluding hydrogens is 139 g/mol. The first-order valence-corrected chi connectivity index (χ1v) is 4.74. The maximum Gasteiger partial charge on any atom is 0.111 e. The molecule has 0 heterocycles. The highest BCUT2D eigenvalue weighted by atomic mass is 19.1. The van der Waals surface area contributed by atoms with Crippen LogP contribution in [-0.4, -0.2) is 5.67 Å². The molecule has 0 aromatic heterocycles. The number of rotatable bonds is 3. The summed E-state index contributed by atoms with van der Waals surface area (Å²) in [4.78, 5) is 0. The first-order valence-electron chi connectivity index (χ1n) is 4.74. The molecule has 0 unspecified atom stereocenters. The summed E-state index contributed by atoms with van der Waals surface area (Å²) in [6, 6.07) is 0. The van der Waals surface area contributed by atoms with E-state index in [1.807, 2.05) is 0 Å². The van der Waals surface area contributed by atoms with E-state index in [9.17, 15) is 4.39 Å². The Morgan fingerprint density at radius 2 is 2.00 bits per heavy atom. The minimum absolute atomic E-state index is 0.512. The molecule has 0 aromatic rings. The zero-order chi connectivity index (χ0) is 8.48. The third-order valence-electron chi connectivity index (χ3n) is 2.66. The van der Waals surface area contributed by atoms with Crippen LogP contribution in [0.4, 0.5) is 4.39 Å². The van der Waals surface area contributed by atoms with Crippen molar-refractivity contribution in [3.63, 3.8) is 0 Å². The van der Waals surface area contributed by atoms with Crippen LogP contribution < -0.4 is 0 Å². The summed E-state index contributed by atoms with van der Waals surface area (Å²) in [5.41, 5.74) is -0.783. The van der Waals surface area contributed by atoms with Gasteiger partial charge < -0.3 is 0 Å². The average molecular weight is 158 g/mol. The zero-order valence-corrected chi connectivity index (χ0v) is 7.86. The SMILES string of the molecule is CCC1CC(F)(CC(C)C)C1. The molecule has 1 heteroatoms. The fourth-order valence-corrected chi connectivity index (χ4v) is 2.16. The van der Waals surface area contributed by atoms with Gasteiger partial charge in [-0.3, -0.25) is 0 Å². The van der Waals surface area contributed by atoms with Crippen molar-refractivity contribution < 1.29 is 4.39 Å². The molecule has 0 spiro atoms. The van der Waals surface area contributed by atoms with Crippen molar-refractivity contribution >= 4 is 0 Å². The smallest absolute Gasteiger partial charge is 0.111 e. The van der Waals surface area contributed by atoms with Gasteiger partial charge in [-0.15, -0.1) is 0 Å². The Morgan fingerprint density at radius 1 is 1.45 bits per heavy atom. The van der Waals surface area contributed by atoms with Crippen LogP contribution in [0.25, 0.3) is 0 Å². The first-order chi connectivity index (χ1) is 5.06. The largest absolute Gasteiger partial charge is 0.244 e. The summed E-state index contributed by atoms with van der Waals surface area (Å²) in [7, 11) is 0. The molecule has 0 aliphatic heterocycles. The fourth-order valence-electron chi connectivity index (χ4n) is 2.16. The molecule has 1 aliphatic carbocycles. The molecule has 1 saturated carbocycles. The van der Waals surface area contributed by atoms with Gasteiger partial charge in [0.05, 0.1) is 0 Å². The van der Waals surface area contributed by atoms with E-state index in [0.29, 0.717) is 11.8 Å². The van der Waals surface area contributed by atoms with Crippen molar-refractivity contribution in [3.8, 4) is 0 Å². The van der Waals surface area contributed by atoms with Gasteiger partial charge in [0.25, 0.3) is 0 Å². The van der Waals surface area contributed by atoms with Crippen LogP contribution in [-0.2, 0) is 0 Å². The lowest BCUT2D eigenvalue weighted by Gasteiger charge is -2.42. The van der Waals surface area contributed by atoms with E-state index in [1.54, 1.807) is 0 Å². The van der Waals surface area contributed by atoms with Gasteiger partial charge in [0, 0.05) is 0 Å². The fraction of sp³-hybridized carbons (Fsp3) is 1.00. The monoisotopic (exact) mass is 158 g/mol. The molecule has 1 aliphatic rings. The second kappa shape index (κ2) is 3.12. The lowest BCUT2D eigenvalue weighted by Crippen LogP contribution is -2.40. The van der Waals surface area contributed by atoms with Crippen molar-refractivity contribution in [2.45, 2.75) is 52.1 Å². The van der Waals surface area contributed by atoms with E-state index >= 15 is 0 Å². The Kier molecular flexibility index (Phi) is 2.56. The molecule has 0 bridgehead atoms. The van der Waals surface area contributed by atoms with Crippen LogP contribution in [0, 0.1) is 11.8 Å². The first kappa shape index (κ1) is 9.02. The molecular formula is C10H19F. The Morgan fingerprint density at radius 3 is 2.36 bits per heavy atom. The van der Waals surface area contributed by atoms with Crippen LogP contribution >= 0.6 is 0 Å². The van der Waals surface area contributed by atoms with E-state index in [1.165, 1.54) is 0 Å². The van der Waals surface area contributed by atoms with Gasteiger partial charge in [-0.05, 0) is 31.1 Å². The number of hydrogen-bond donors (Lipinski definition) is 0. The zero-order valence-electron chi connectivity index (χ0n) is 7.86. The Bertz CT molecular complexity index is 123. The summed E-state index contributed by atoms with van der Waals surface area (Å²) < 4.78 is 13.6. The molecule has 11 heavy (non-hydrogen) atoms. The van der Waals surface area contributed by atoms with E-state index in [0.717, 1.165) is 25.7 Å². The standard InChI is InChI=1S/C10H19F/c1-4-9-6-10(11,7-9)5-8(2)3/h8-9H,4-7H2,1-3H3. The van der Waals surface area contributed by atoms with Crippen LogP contribution in [0.2, 0.25) is 0 Å². The highest BCUT2D eigenvalue weighted by Gasteiger charge is 2.43. The van der Waals surface area contributed by atoms with Gasteiger partial charge in [0.2, 0.25) is 0 Å². The van der Waals surface area contributed by atoms with E-state index < -0.39 is 5.67 Å². The average Bonchev–Trinajstić information content (AvgIpc) is 1.80. The number of halogens is 1. The van der Waals surface area contributed by atoms with Crippen molar-refractivity contribution in [2.75, 3.05) is 0 Å². The van der Waals surface area contributed by atoms with Crippen LogP contribution in [0.5, 0.6) is 0 Å². The summed E-state index contributed by atoms with van der Waals surface area (Å²) in [6.45, 7) is 6.35. The minimum Gasteiger partial charge on any atom is -0.244 e. The van der Waals surface area contributed by atoms with Crippen LogP contribution in [0.15, 0.2) is 0 Å². The predicted octanol–water partition coefficient (Wildman–Crippen LogP) is 3.56. The van der Waals surface area contributed by atoms with Gasteiger partial charge >= 0.3 is 0 Å². The van der Waals surface area contributed by atoms with Gasteiger partial charge in [-0.25, -0.2) is 4.39 Å².